The molecule has 3 rings (SSSR count). The molecule has 0 saturated carbocycles. The molecule has 0 aliphatic rings. The number of hydrogen-bond acceptors (Lipinski definition) is 2. The van der Waals surface area contributed by atoms with Crippen molar-refractivity contribution in [2.45, 2.75) is 25.8 Å². The lowest BCUT2D eigenvalue weighted by atomic mass is 10.2. The normalized spacial score (nSPS) is 11.3. The summed E-state index contributed by atoms with van der Waals surface area (Å²) in [4.78, 5) is 4.59. The molecule has 0 aliphatic heterocycles. The fraction of sp³-hybridized carbons (Fsp3) is 0.333. The van der Waals surface area contributed by atoms with Gasteiger partial charge >= 0.3 is 0 Å². The first-order chi connectivity index (χ1) is 9.72. The molecule has 0 atom stereocenters. The fourth-order valence-corrected chi connectivity index (χ4v) is 2.79. The Labute approximate surface area is 123 Å². The highest BCUT2D eigenvalue weighted by atomic mass is 35.5. The lowest BCUT2D eigenvalue weighted by molar-refractivity contribution is 0.746. The van der Waals surface area contributed by atoms with Crippen molar-refractivity contribution in [1.29, 1.82) is 0 Å². The molecule has 2 heterocycles. The van der Waals surface area contributed by atoms with Gasteiger partial charge in [0.1, 0.15) is 5.82 Å². The fourth-order valence-electron chi connectivity index (χ4n) is 2.59. The van der Waals surface area contributed by atoms with Crippen LogP contribution in [0.1, 0.15) is 24.0 Å². The van der Waals surface area contributed by atoms with E-state index in [1.54, 1.807) is 0 Å². The molecule has 0 spiro atoms. The van der Waals surface area contributed by atoms with Crippen molar-refractivity contribution in [3.8, 4) is 0 Å². The number of halogens is 1. The number of rotatable bonds is 4. The van der Waals surface area contributed by atoms with Crippen molar-refractivity contribution >= 4 is 22.6 Å². The third-order valence-electron chi connectivity index (χ3n) is 3.51. The van der Waals surface area contributed by atoms with Crippen LogP contribution in [0.25, 0.3) is 11.0 Å². The maximum absolute atomic E-state index is 6.04. The maximum atomic E-state index is 6.04. The van der Waals surface area contributed by atoms with Gasteiger partial charge in [-0.3, -0.25) is 4.68 Å². The summed E-state index contributed by atoms with van der Waals surface area (Å²) in [5, 5.41) is 4.50. The first-order valence-corrected chi connectivity index (χ1v) is 7.28. The third-order valence-corrected chi connectivity index (χ3v) is 3.75. The van der Waals surface area contributed by atoms with E-state index in [1.807, 2.05) is 29.9 Å². The zero-order chi connectivity index (χ0) is 14.1. The highest BCUT2D eigenvalue weighted by molar-refractivity contribution is 6.16. The van der Waals surface area contributed by atoms with E-state index in [2.05, 4.69) is 33.8 Å². The van der Waals surface area contributed by atoms with Crippen LogP contribution < -0.4 is 0 Å². The van der Waals surface area contributed by atoms with Crippen molar-refractivity contribution in [3.63, 3.8) is 0 Å². The van der Waals surface area contributed by atoms with Gasteiger partial charge in [-0.15, -0.1) is 11.6 Å². The van der Waals surface area contributed by atoms with Crippen molar-refractivity contribution in [2.75, 3.05) is 0 Å². The lowest BCUT2D eigenvalue weighted by Gasteiger charge is -2.07. The van der Waals surface area contributed by atoms with Crippen LogP contribution in [0.3, 0.4) is 0 Å². The largest absolute Gasteiger partial charge is 0.322 e. The number of imidazole rings is 1. The Hall–Kier alpha value is -1.81. The lowest BCUT2D eigenvalue weighted by Crippen LogP contribution is -2.05. The molecule has 0 radical (unpaired) electrons. The van der Waals surface area contributed by atoms with Gasteiger partial charge in [0.25, 0.3) is 0 Å². The number of benzene rings is 1. The molecule has 0 saturated heterocycles. The van der Waals surface area contributed by atoms with Crippen LogP contribution in [-0.4, -0.2) is 19.3 Å². The Balaban J connectivity index is 2.09. The summed E-state index contributed by atoms with van der Waals surface area (Å²) >= 11 is 6.04. The molecule has 3 aromatic rings. The number of hydrogen-bond donors (Lipinski definition) is 0. The van der Waals surface area contributed by atoms with E-state index in [-0.39, 0.29) is 0 Å². The number of aryl methyl sites for hydroxylation is 2. The number of nitrogens with zero attached hydrogens (tertiary/aromatic N) is 4. The predicted octanol–water partition coefficient (Wildman–Crippen LogP) is 3.12. The molecule has 0 N–H and O–H groups in total. The second kappa shape index (κ2) is 5.29. The summed E-state index contributed by atoms with van der Waals surface area (Å²) in [6.45, 7) is 2.89. The van der Waals surface area contributed by atoms with Gasteiger partial charge in [-0.25, -0.2) is 4.98 Å². The zero-order valence-corrected chi connectivity index (χ0v) is 12.4. The van der Waals surface area contributed by atoms with Gasteiger partial charge < -0.3 is 4.57 Å². The summed E-state index contributed by atoms with van der Waals surface area (Å²) in [5.74, 6) is 1.31. The highest BCUT2D eigenvalue weighted by Gasteiger charge is 2.13. The van der Waals surface area contributed by atoms with Crippen LogP contribution in [0.5, 0.6) is 0 Å². The van der Waals surface area contributed by atoms with E-state index in [0.29, 0.717) is 5.88 Å². The summed E-state index contributed by atoms with van der Waals surface area (Å²) in [6.07, 6.45) is 3.00. The SMILES string of the molecule is CCc1nn(C)cc1Cn1c(CCl)nc2ccccc21. The smallest absolute Gasteiger partial charge is 0.125 e. The average molecular weight is 289 g/mol. The van der Waals surface area contributed by atoms with Crippen molar-refractivity contribution in [2.24, 2.45) is 7.05 Å². The van der Waals surface area contributed by atoms with Crippen LogP contribution >= 0.6 is 11.6 Å². The molecule has 0 bridgehead atoms. The van der Waals surface area contributed by atoms with E-state index < -0.39 is 0 Å². The van der Waals surface area contributed by atoms with Gasteiger partial charge in [0.15, 0.2) is 0 Å². The zero-order valence-electron chi connectivity index (χ0n) is 11.7. The van der Waals surface area contributed by atoms with Gasteiger partial charge in [-0.05, 0) is 18.6 Å². The Morgan fingerprint density at radius 1 is 1.25 bits per heavy atom. The quantitative estimate of drug-likeness (QED) is 0.692. The van der Waals surface area contributed by atoms with Crippen LogP contribution in [-0.2, 0) is 25.9 Å². The van der Waals surface area contributed by atoms with Crippen molar-refractivity contribution in [3.05, 3.63) is 47.5 Å². The highest BCUT2D eigenvalue weighted by Crippen LogP contribution is 2.20. The first-order valence-electron chi connectivity index (χ1n) is 6.74. The van der Waals surface area contributed by atoms with Crippen molar-refractivity contribution in [1.82, 2.24) is 19.3 Å². The van der Waals surface area contributed by atoms with Gasteiger partial charge in [0.05, 0.1) is 29.2 Å². The molecule has 0 amide bonds. The summed E-state index contributed by atoms with van der Waals surface area (Å²) < 4.78 is 4.05. The van der Waals surface area contributed by atoms with E-state index in [9.17, 15) is 0 Å². The van der Waals surface area contributed by atoms with Crippen LogP contribution in [0.4, 0.5) is 0 Å². The number of alkyl halides is 1. The Bertz CT molecular complexity index is 741. The topological polar surface area (TPSA) is 35.6 Å². The molecule has 0 fully saturated rings. The summed E-state index contributed by atoms with van der Waals surface area (Å²) in [5.41, 5.74) is 4.47. The Morgan fingerprint density at radius 3 is 2.80 bits per heavy atom. The van der Waals surface area contributed by atoms with Crippen LogP contribution in [0, 0.1) is 0 Å². The minimum Gasteiger partial charge on any atom is -0.322 e. The molecule has 20 heavy (non-hydrogen) atoms. The molecule has 4 nitrogen and oxygen atoms in total. The molecule has 1 aromatic carbocycles. The molecule has 0 unspecified atom stereocenters. The van der Waals surface area contributed by atoms with Crippen LogP contribution in [0.15, 0.2) is 30.5 Å². The second-order valence-corrected chi connectivity index (χ2v) is 5.13. The van der Waals surface area contributed by atoms with E-state index in [1.165, 1.54) is 5.56 Å². The second-order valence-electron chi connectivity index (χ2n) is 4.86. The summed E-state index contributed by atoms with van der Waals surface area (Å²) in [7, 11) is 1.96. The molecular weight excluding hydrogens is 272 g/mol. The average Bonchev–Trinajstić information content (AvgIpc) is 3.00. The Morgan fingerprint density at radius 2 is 2.05 bits per heavy atom. The third kappa shape index (κ3) is 2.20. The standard InChI is InChI=1S/C15H17ClN4/c1-3-12-11(9-19(2)18-12)10-20-14-7-5-4-6-13(14)17-15(20)8-16/h4-7,9H,3,8,10H2,1-2H3. The van der Waals surface area contributed by atoms with E-state index in [0.717, 1.165) is 35.5 Å². The summed E-state index contributed by atoms with van der Waals surface area (Å²) in [6, 6.07) is 8.13. The van der Waals surface area contributed by atoms with Gasteiger partial charge in [-0.2, -0.15) is 5.10 Å². The molecule has 2 aromatic heterocycles. The van der Waals surface area contributed by atoms with Gasteiger partial charge in [-0.1, -0.05) is 19.1 Å². The molecule has 104 valence electrons. The molecule has 0 aliphatic carbocycles. The number of para-hydroxylation sites is 2. The van der Waals surface area contributed by atoms with Crippen LogP contribution in [0.2, 0.25) is 0 Å². The molecular formula is C15H17ClN4. The van der Waals surface area contributed by atoms with Gasteiger partial charge in [0.2, 0.25) is 0 Å². The van der Waals surface area contributed by atoms with Gasteiger partial charge in [0, 0.05) is 18.8 Å². The van der Waals surface area contributed by atoms with Crippen molar-refractivity contribution < 1.29 is 0 Å². The predicted molar refractivity (Wildman–Crippen MR) is 81.0 cm³/mol. The number of aromatic nitrogens is 4. The maximum Gasteiger partial charge on any atom is 0.125 e. The molecule has 5 heteroatoms. The monoisotopic (exact) mass is 288 g/mol. The minimum absolute atomic E-state index is 0.413. The van der Waals surface area contributed by atoms with E-state index in [4.69, 9.17) is 11.6 Å². The van der Waals surface area contributed by atoms with E-state index >= 15 is 0 Å². The number of fused-ring (bicyclic) bond motifs is 1. The Kier molecular flexibility index (Phi) is 3.49. The minimum atomic E-state index is 0.413. The first kappa shape index (κ1) is 13.2.